The number of nitrogens with zero attached hydrogens (tertiary/aromatic N) is 1. The number of hydrogen-bond donors (Lipinski definition) is 5. The van der Waals surface area contributed by atoms with Crippen LogP contribution in [-0.4, -0.2) is 39.8 Å². The Morgan fingerprint density at radius 1 is 0.833 bits per heavy atom. The number of amides is 2. The zero-order chi connectivity index (χ0) is 42.0. The van der Waals surface area contributed by atoms with E-state index in [0.717, 1.165) is 53.2 Å². The second-order valence-corrected chi connectivity index (χ2v) is 16.7. The van der Waals surface area contributed by atoms with Crippen LogP contribution in [0.4, 0.5) is 0 Å². The number of benzene rings is 3. The van der Waals surface area contributed by atoms with Crippen LogP contribution in [0.1, 0.15) is 29.2 Å². The first-order valence-electron chi connectivity index (χ1n) is 19.0. The van der Waals surface area contributed by atoms with Crippen molar-refractivity contribution in [1.82, 2.24) is 29.6 Å². The number of fused-ring (bicyclic) bond motifs is 2. The normalized spacial score (nSPS) is 12.6. The van der Waals surface area contributed by atoms with Crippen molar-refractivity contribution in [1.29, 1.82) is 0 Å². The number of H-pyrrole nitrogens is 2. The molecule has 4 aromatic heterocycles. The van der Waals surface area contributed by atoms with Gasteiger partial charge in [0, 0.05) is 50.4 Å². The Balaban J connectivity index is 0.968. The van der Waals surface area contributed by atoms with Crippen molar-refractivity contribution >= 4 is 68.9 Å². The molecule has 4 heterocycles. The second kappa shape index (κ2) is 19.7. The molecule has 0 radical (unpaired) electrons. The zero-order valence-electron chi connectivity index (χ0n) is 32.8. The summed E-state index contributed by atoms with van der Waals surface area (Å²) < 4.78 is 12.5. The van der Waals surface area contributed by atoms with Gasteiger partial charge in [0.15, 0.2) is 0 Å². The smallest absolute Gasteiger partial charge is 0.248 e. The monoisotopic (exact) mass is 854 g/mol. The maximum absolute atomic E-state index is 13.9. The Morgan fingerprint density at radius 3 is 2.17 bits per heavy atom. The highest BCUT2D eigenvalue weighted by molar-refractivity contribution is 7.97. The van der Waals surface area contributed by atoms with Gasteiger partial charge in [-0.05, 0) is 124 Å². The van der Waals surface area contributed by atoms with Crippen molar-refractivity contribution in [2.45, 2.75) is 41.9 Å². The zero-order valence-corrected chi connectivity index (χ0v) is 35.2. The molecule has 0 aliphatic rings. The fourth-order valence-corrected chi connectivity index (χ4v) is 8.88. The van der Waals surface area contributed by atoms with Crippen LogP contribution in [0, 0.1) is 0 Å². The number of pyridine rings is 2. The van der Waals surface area contributed by atoms with Gasteiger partial charge in [-0.2, -0.15) is 0 Å². The molecule has 0 bridgehead atoms. The highest BCUT2D eigenvalue weighted by Gasteiger charge is 2.25. The Labute approximate surface area is 359 Å². The third kappa shape index (κ3) is 10.7. The molecule has 2 amide bonds. The van der Waals surface area contributed by atoms with Crippen molar-refractivity contribution in [3.05, 3.63) is 188 Å². The highest BCUT2D eigenvalue weighted by atomic mass is 32.2. The van der Waals surface area contributed by atoms with E-state index in [-0.39, 0.29) is 29.5 Å². The van der Waals surface area contributed by atoms with E-state index in [1.54, 1.807) is 41.7 Å². The van der Waals surface area contributed by atoms with Gasteiger partial charge in [0.2, 0.25) is 22.9 Å². The predicted molar refractivity (Wildman–Crippen MR) is 244 cm³/mol. The number of hydrogen-bond acceptors (Lipinski definition) is 10. The fourth-order valence-electron chi connectivity index (χ4n) is 6.28. The van der Waals surface area contributed by atoms with Crippen molar-refractivity contribution < 1.29 is 14.0 Å². The molecule has 0 fully saturated rings. The lowest BCUT2D eigenvalue weighted by molar-refractivity contribution is -0.131. The predicted octanol–water partition coefficient (Wildman–Crippen LogP) is 8.66. The first-order chi connectivity index (χ1) is 29.1. The van der Waals surface area contributed by atoms with Crippen LogP contribution in [0.3, 0.4) is 0 Å². The van der Waals surface area contributed by atoms with Crippen molar-refractivity contribution in [2.24, 2.45) is 0 Å². The molecule has 0 saturated heterocycles. The lowest BCUT2D eigenvalue weighted by Gasteiger charge is -2.24. The van der Waals surface area contributed by atoms with E-state index in [1.165, 1.54) is 36.0 Å². The van der Waals surface area contributed by atoms with E-state index in [9.17, 15) is 19.2 Å². The average Bonchev–Trinajstić information content (AvgIpc) is 3.93. The molecule has 60 heavy (non-hydrogen) atoms. The van der Waals surface area contributed by atoms with E-state index >= 15 is 0 Å². The topological polar surface area (TPSA) is 152 Å². The first-order valence-corrected chi connectivity index (χ1v) is 21.5. The van der Waals surface area contributed by atoms with Crippen LogP contribution < -0.4 is 25.9 Å². The van der Waals surface area contributed by atoms with E-state index in [0.29, 0.717) is 17.9 Å². The van der Waals surface area contributed by atoms with Crippen LogP contribution in [0.2, 0.25) is 0 Å². The number of aromatic nitrogens is 2. The van der Waals surface area contributed by atoms with E-state index < -0.39 is 12.1 Å². The van der Waals surface area contributed by atoms with Gasteiger partial charge < -0.3 is 24.6 Å². The third-order valence-corrected chi connectivity index (χ3v) is 12.1. The summed E-state index contributed by atoms with van der Waals surface area (Å²) in [7, 11) is 1.77. The molecule has 0 spiro atoms. The summed E-state index contributed by atoms with van der Waals surface area (Å²) in [5, 5.41) is 6.82. The summed E-state index contributed by atoms with van der Waals surface area (Å²) >= 11 is 4.21. The fraction of sp³-hybridized carbons (Fsp3) is 0.130. The van der Waals surface area contributed by atoms with Crippen LogP contribution in [0.25, 0.3) is 32.9 Å². The summed E-state index contributed by atoms with van der Waals surface area (Å²) in [6, 6.07) is 30.0. The number of thiophene rings is 1. The lowest BCUT2D eigenvalue weighted by atomic mass is 10.1. The number of nitrogens with one attached hydrogen (secondary N) is 5. The number of carbonyl (C=O) groups excluding carboxylic acids is 2. The molecular formula is C46H42N6O5S3. The second-order valence-electron chi connectivity index (χ2n) is 13.8. The Hall–Kier alpha value is -6.16. The summed E-state index contributed by atoms with van der Waals surface area (Å²) in [4.78, 5) is 61.1. The van der Waals surface area contributed by atoms with E-state index in [4.69, 9.17) is 4.42 Å². The van der Waals surface area contributed by atoms with Crippen molar-refractivity contribution in [3.8, 4) is 11.1 Å². The van der Waals surface area contributed by atoms with Gasteiger partial charge in [-0.3, -0.25) is 19.2 Å². The average molecular weight is 855 g/mol. The highest BCUT2D eigenvalue weighted by Crippen LogP contribution is 2.30. The molecule has 7 rings (SSSR count). The van der Waals surface area contributed by atoms with Gasteiger partial charge in [-0.1, -0.05) is 61.2 Å². The number of carbonyl (C=O) groups is 2. The van der Waals surface area contributed by atoms with Crippen LogP contribution >= 0.6 is 35.2 Å². The largest absolute Gasteiger partial charge is 0.467 e. The number of furan rings is 1. The van der Waals surface area contributed by atoms with E-state index in [2.05, 4.69) is 31.3 Å². The molecule has 304 valence electrons. The molecule has 0 aliphatic carbocycles. The van der Waals surface area contributed by atoms with Gasteiger partial charge in [0.25, 0.3) is 0 Å². The van der Waals surface area contributed by atoms with Crippen LogP contribution in [0.5, 0.6) is 0 Å². The maximum Gasteiger partial charge on any atom is 0.248 e. The Morgan fingerprint density at radius 2 is 1.50 bits per heavy atom. The number of likely N-dealkylation sites (N-methyl/N-ethyl adjacent to an activating group) is 1. The Kier molecular flexibility index (Phi) is 13.8. The van der Waals surface area contributed by atoms with Gasteiger partial charge in [-0.25, -0.2) is 9.44 Å². The van der Waals surface area contributed by atoms with E-state index in [1.807, 2.05) is 115 Å². The van der Waals surface area contributed by atoms with Gasteiger partial charge in [0.05, 0.1) is 19.4 Å². The molecule has 2 atom stereocenters. The number of allylic oxidation sites excluding steroid dienone is 3. The van der Waals surface area contributed by atoms with Crippen LogP contribution in [0.15, 0.2) is 175 Å². The summed E-state index contributed by atoms with van der Waals surface area (Å²) in [5.74, 6) is 0.232. The summed E-state index contributed by atoms with van der Waals surface area (Å²) in [5.41, 5.74) is 4.38. The van der Waals surface area contributed by atoms with Crippen molar-refractivity contribution in [3.63, 3.8) is 0 Å². The molecule has 11 nitrogen and oxygen atoms in total. The maximum atomic E-state index is 13.9. The Bertz CT molecular complexity index is 2820. The standard InChI is InChI=1S/C46H42N6O5S3/c1-4-5-7-10-29(2)43(50-59-36-15-17-39-31(22-36)13-19-41(53)48-39)46(56)52(3)26-38-24-34(28-58-38)33-21-35(57-27-33)25-47-45(55)44(30-11-8-6-9-12-30)51-60-37-16-18-40-32(23-37)14-20-42(54)49-40/h4-24,27-28,43-44,50-51H,2,25-26H2,1,3H3,(H,47,55)(H,48,53)(H,49,54)/b5-4-,10-7-/t43-,44-/m1/s1. The number of aromatic amines is 2. The molecule has 5 N–H and O–H groups in total. The summed E-state index contributed by atoms with van der Waals surface area (Å²) in [6.45, 7) is 6.69. The van der Waals surface area contributed by atoms with Gasteiger partial charge in [0.1, 0.15) is 17.8 Å². The molecule has 0 aliphatic heterocycles. The molecular weight excluding hydrogens is 813 g/mol. The number of rotatable bonds is 17. The minimum Gasteiger partial charge on any atom is -0.467 e. The minimum absolute atomic E-state index is 0.143. The minimum atomic E-state index is -0.708. The van der Waals surface area contributed by atoms with Gasteiger partial charge in [-0.15, -0.1) is 11.3 Å². The van der Waals surface area contributed by atoms with Crippen molar-refractivity contribution in [2.75, 3.05) is 7.05 Å². The third-order valence-electron chi connectivity index (χ3n) is 9.45. The quantitative estimate of drug-likeness (QED) is 0.0448. The molecule has 0 unspecified atom stereocenters. The molecule has 14 heteroatoms. The first kappa shape index (κ1) is 42.0. The molecule has 3 aromatic carbocycles. The molecule has 0 saturated carbocycles. The lowest BCUT2D eigenvalue weighted by Crippen LogP contribution is -2.43. The SMILES string of the molecule is C=C(/C=C\C=C/C)[C@@H](NSc1ccc2[nH]c(=O)ccc2c1)C(=O)N(C)Cc1cc(-c2coc(CNC(=O)[C@H](NSc3ccc4[nH]c(=O)ccc4c3)c3ccccc3)c2)cs1. The summed E-state index contributed by atoms with van der Waals surface area (Å²) in [6.07, 6.45) is 9.14. The molecule has 7 aromatic rings. The van der Waals surface area contributed by atoms with Gasteiger partial charge >= 0.3 is 0 Å². The van der Waals surface area contributed by atoms with Crippen LogP contribution in [-0.2, 0) is 22.7 Å².